The molecule has 0 bridgehead atoms. The van der Waals surface area contributed by atoms with Gasteiger partial charge in [0.2, 0.25) is 5.43 Å². The number of amides is 1. The molecule has 1 aromatic carbocycles. The van der Waals surface area contributed by atoms with Gasteiger partial charge in [0.15, 0.2) is 0 Å². The van der Waals surface area contributed by atoms with Crippen LogP contribution in [-0.2, 0) is 5.41 Å². The number of aryl methyl sites for hydroxylation is 1. The normalized spacial score (nSPS) is 18.4. The number of carbonyl (C=O) groups is 1. The summed E-state index contributed by atoms with van der Waals surface area (Å²) in [5.74, 6) is -0.837. The van der Waals surface area contributed by atoms with Crippen molar-refractivity contribution in [3.8, 4) is 11.3 Å². The highest BCUT2D eigenvalue weighted by molar-refractivity contribution is 6.34. The van der Waals surface area contributed by atoms with Crippen LogP contribution in [0.3, 0.4) is 0 Å². The van der Waals surface area contributed by atoms with Crippen LogP contribution in [0.1, 0.15) is 47.8 Å². The van der Waals surface area contributed by atoms with E-state index in [9.17, 15) is 18.4 Å². The van der Waals surface area contributed by atoms with E-state index >= 15 is 0 Å². The molecule has 0 saturated heterocycles. The van der Waals surface area contributed by atoms with E-state index in [0.29, 0.717) is 34.6 Å². The standard InChI is InChI=1S/C23H19Cl2F2N3O2/c1-10-7-13(23(2)5-3-11(9-23)21(26)27)14(24)8-12(10)18-17(25)20(31)16-15(30-18)4-6-29-19(16)22(28)32/h4,6-8H,3,5,9H2,1-2H3,(H2,28,32)(H,30,31)/t23-/m0/s1. The minimum absolute atomic E-state index is 0.0140. The van der Waals surface area contributed by atoms with Crippen molar-refractivity contribution in [2.24, 2.45) is 5.73 Å². The number of primary amides is 1. The van der Waals surface area contributed by atoms with Crippen molar-refractivity contribution >= 4 is 40.0 Å². The molecule has 1 fully saturated rings. The summed E-state index contributed by atoms with van der Waals surface area (Å²) >= 11 is 13.0. The molecule has 1 amide bonds. The average Bonchev–Trinajstić information content (AvgIpc) is 3.15. The molecular formula is C23H19Cl2F2N3O2. The van der Waals surface area contributed by atoms with Gasteiger partial charge in [0.1, 0.15) is 10.7 Å². The zero-order valence-electron chi connectivity index (χ0n) is 17.3. The predicted octanol–water partition coefficient (Wildman–Crippen LogP) is 5.90. The summed E-state index contributed by atoms with van der Waals surface area (Å²) < 4.78 is 26.2. The molecule has 1 saturated carbocycles. The van der Waals surface area contributed by atoms with Gasteiger partial charge < -0.3 is 10.7 Å². The molecule has 3 N–H and O–H groups in total. The SMILES string of the molecule is Cc1cc([C@@]2(C)CCC(=C(F)F)C2)c(Cl)cc1-c1[nH]c2ccnc(C(N)=O)c2c(=O)c1Cl. The van der Waals surface area contributed by atoms with Crippen molar-refractivity contribution in [3.63, 3.8) is 0 Å². The number of halogens is 4. The summed E-state index contributed by atoms with van der Waals surface area (Å²) in [5.41, 5.74) is 7.07. The monoisotopic (exact) mass is 477 g/mol. The molecule has 0 aliphatic heterocycles. The molecule has 1 aliphatic rings. The number of carbonyl (C=O) groups excluding carboxylic acids is 1. The minimum atomic E-state index is -1.62. The molecule has 5 nitrogen and oxygen atoms in total. The van der Waals surface area contributed by atoms with Gasteiger partial charge in [0.05, 0.1) is 16.6 Å². The Morgan fingerprint density at radius 3 is 2.62 bits per heavy atom. The number of nitrogens with zero attached hydrogens (tertiary/aromatic N) is 1. The van der Waals surface area contributed by atoms with Gasteiger partial charge in [-0.05, 0) is 60.4 Å². The van der Waals surface area contributed by atoms with Crippen LogP contribution in [0.15, 0.2) is 40.8 Å². The first-order valence-corrected chi connectivity index (χ1v) is 10.6. The number of hydrogen-bond acceptors (Lipinski definition) is 3. The Morgan fingerprint density at radius 1 is 1.28 bits per heavy atom. The van der Waals surface area contributed by atoms with E-state index in [1.807, 2.05) is 19.9 Å². The molecule has 1 aliphatic carbocycles. The molecule has 32 heavy (non-hydrogen) atoms. The average molecular weight is 478 g/mol. The minimum Gasteiger partial charge on any atom is -0.364 e. The number of hydrogen-bond donors (Lipinski definition) is 2. The number of pyridine rings is 2. The molecule has 2 heterocycles. The summed E-state index contributed by atoms with van der Waals surface area (Å²) in [4.78, 5) is 31.6. The van der Waals surface area contributed by atoms with E-state index in [2.05, 4.69) is 9.97 Å². The highest BCUT2D eigenvalue weighted by Crippen LogP contribution is 2.48. The number of aromatic amines is 1. The van der Waals surface area contributed by atoms with Crippen LogP contribution in [0.4, 0.5) is 8.78 Å². The van der Waals surface area contributed by atoms with Crippen molar-refractivity contribution in [2.75, 3.05) is 0 Å². The largest absolute Gasteiger partial charge is 0.364 e. The molecule has 0 unspecified atom stereocenters. The fourth-order valence-electron chi connectivity index (χ4n) is 4.46. The summed E-state index contributed by atoms with van der Waals surface area (Å²) in [7, 11) is 0. The molecule has 3 aromatic rings. The molecule has 4 rings (SSSR count). The molecule has 9 heteroatoms. The third kappa shape index (κ3) is 3.59. The van der Waals surface area contributed by atoms with Gasteiger partial charge in [-0.25, -0.2) is 0 Å². The number of nitrogens with two attached hydrogens (primary N) is 1. The lowest BCUT2D eigenvalue weighted by molar-refractivity contribution is 0.0997. The van der Waals surface area contributed by atoms with E-state index in [4.69, 9.17) is 28.9 Å². The highest BCUT2D eigenvalue weighted by Gasteiger charge is 2.37. The lowest BCUT2D eigenvalue weighted by Crippen LogP contribution is -2.19. The van der Waals surface area contributed by atoms with Crippen LogP contribution < -0.4 is 11.2 Å². The lowest BCUT2D eigenvalue weighted by atomic mass is 9.79. The molecule has 2 aromatic heterocycles. The van der Waals surface area contributed by atoms with Crippen molar-refractivity contribution < 1.29 is 13.6 Å². The summed E-state index contributed by atoms with van der Waals surface area (Å²) in [6, 6.07) is 5.09. The summed E-state index contributed by atoms with van der Waals surface area (Å²) in [6.45, 7) is 3.76. The number of aromatic nitrogens is 2. The van der Waals surface area contributed by atoms with Crippen LogP contribution in [0, 0.1) is 6.92 Å². The number of nitrogens with one attached hydrogen (secondary N) is 1. The van der Waals surface area contributed by atoms with Gasteiger partial charge in [-0.3, -0.25) is 14.6 Å². The maximum atomic E-state index is 13.1. The fourth-order valence-corrected chi connectivity index (χ4v) is 5.10. The Bertz CT molecular complexity index is 1380. The Morgan fingerprint density at radius 2 is 2.00 bits per heavy atom. The fraction of sp³-hybridized carbons (Fsp3) is 0.261. The first-order valence-electron chi connectivity index (χ1n) is 9.88. The summed E-state index contributed by atoms with van der Waals surface area (Å²) in [5, 5.41) is 0.287. The van der Waals surface area contributed by atoms with Crippen LogP contribution in [0.2, 0.25) is 10.0 Å². The van der Waals surface area contributed by atoms with Gasteiger partial charge in [0, 0.05) is 16.8 Å². The highest BCUT2D eigenvalue weighted by atomic mass is 35.5. The van der Waals surface area contributed by atoms with Crippen molar-refractivity contribution in [1.82, 2.24) is 9.97 Å². The van der Waals surface area contributed by atoms with Crippen molar-refractivity contribution in [1.29, 1.82) is 0 Å². The Balaban J connectivity index is 1.88. The third-order valence-corrected chi connectivity index (χ3v) is 6.85. The molecular weight excluding hydrogens is 459 g/mol. The molecule has 166 valence electrons. The van der Waals surface area contributed by atoms with E-state index in [1.165, 1.54) is 6.20 Å². The van der Waals surface area contributed by atoms with Gasteiger partial charge in [-0.15, -0.1) is 0 Å². The quantitative estimate of drug-likeness (QED) is 0.492. The third-order valence-electron chi connectivity index (χ3n) is 6.17. The maximum absolute atomic E-state index is 13.1. The second-order valence-electron chi connectivity index (χ2n) is 8.34. The van der Waals surface area contributed by atoms with Gasteiger partial charge in [0.25, 0.3) is 12.0 Å². The second-order valence-corrected chi connectivity index (χ2v) is 9.12. The maximum Gasteiger partial charge on any atom is 0.269 e. The number of allylic oxidation sites excluding steroid dienone is 1. The van der Waals surface area contributed by atoms with Crippen molar-refractivity contribution in [2.45, 2.75) is 38.5 Å². The van der Waals surface area contributed by atoms with Crippen LogP contribution in [-0.4, -0.2) is 15.9 Å². The zero-order chi connectivity index (χ0) is 23.4. The first kappa shape index (κ1) is 22.4. The van der Waals surface area contributed by atoms with Gasteiger partial charge in [-0.2, -0.15) is 8.78 Å². The first-order chi connectivity index (χ1) is 15.0. The summed E-state index contributed by atoms with van der Waals surface area (Å²) in [6.07, 6.45) is 0.882. The van der Waals surface area contributed by atoms with E-state index in [0.717, 1.165) is 11.1 Å². The molecule has 0 radical (unpaired) electrons. The number of rotatable bonds is 3. The number of H-pyrrole nitrogens is 1. The van der Waals surface area contributed by atoms with E-state index < -0.39 is 22.8 Å². The Kier molecular flexibility index (Phi) is 5.59. The van der Waals surface area contributed by atoms with Crippen molar-refractivity contribution in [3.05, 3.63) is 73.1 Å². The van der Waals surface area contributed by atoms with Crippen LogP contribution in [0.25, 0.3) is 22.2 Å². The number of fused-ring (bicyclic) bond motifs is 1. The van der Waals surface area contributed by atoms with Crippen LogP contribution >= 0.6 is 23.2 Å². The van der Waals surface area contributed by atoms with Crippen LogP contribution in [0.5, 0.6) is 0 Å². The second kappa shape index (κ2) is 7.98. The van der Waals surface area contributed by atoms with E-state index in [1.54, 1.807) is 12.1 Å². The lowest BCUT2D eigenvalue weighted by Gasteiger charge is -2.26. The van der Waals surface area contributed by atoms with Gasteiger partial charge in [-0.1, -0.05) is 36.2 Å². The number of benzene rings is 1. The Hall–Kier alpha value is -2.77. The molecule has 1 atom stereocenters. The predicted molar refractivity (Wildman–Crippen MR) is 122 cm³/mol. The Labute approximate surface area is 192 Å². The topological polar surface area (TPSA) is 88.8 Å². The van der Waals surface area contributed by atoms with E-state index in [-0.39, 0.29) is 28.1 Å². The molecule has 0 spiro atoms. The smallest absolute Gasteiger partial charge is 0.269 e. The zero-order valence-corrected chi connectivity index (χ0v) is 18.8. The van der Waals surface area contributed by atoms with Gasteiger partial charge >= 0.3 is 0 Å².